The van der Waals surface area contributed by atoms with Crippen LogP contribution in [0.15, 0.2) is 11.4 Å². The van der Waals surface area contributed by atoms with Gasteiger partial charge in [0.2, 0.25) is 0 Å². The van der Waals surface area contributed by atoms with Crippen LogP contribution in [-0.4, -0.2) is 37.0 Å². The lowest BCUT2D eigenvalue weighted by molar-refractivity contribution is 0.0951. The van der Waals surface area contributed by atoms with Crippen molar-refractivity contribution < 1.29 is 4.79 Å². The zero-order chi connectivity index (χ0) is 12.8. The van der Waals surface area contributed by atoms with E-state index in [-0.39, 0.29) is 5.91 Å². The van der Waals surface area contributed by atoms with Gasteiger partial charge >= 0.3 is 0 Å². The minimum Gasteiger partial charge on any atom is -0.352 e. The third kappa shape index (κ3) is 4.51. The predicted molar refractivity (Wildman–Crippen MR) is 84.3 cm³/mol. The molecular formula is C13H19IN2OS. The Bertz CT molecular complexity index is 388. The summed E-state index contributed by atoms with van der Waals surface area (Å²) < 4.78 is 1.16. The molecule has 100 valence electrons. The number of rotatable bonds is 5. The highest BCUT2D eigenvalue weighted by atomic mass is 127. The van der Waals surface area contributed by atoms with Gasteiger partial charge in [-0.15, -0.1) is 11.3 Å². The largest absolute Gasteiger partial charge is 0.352 e. The molecule has 5 heteroatoms. The first-order chi connectivity index (χ1) is 8.75. The fraction of sp³-hybridized carbons (Fsp3) is 0.615. The molecular weight excluding hydrogens is 359 g/mol. The van der Waals surface area contributed by atoms with Crippen LogP contribution in [0.5, 0.6) is 0 Å². The van der Waals surface area contributed by atoms with Gasteiger partial charge < -0.3 is 10.2 Å². The Morgan fingerprint density at radius 3 is 2.83 bits per heavy atom. The quantitative estimate of drug-likeness (QED) is 0.631. The predicted octanol–water partition coefficient (Wildman–Crippen LogP) is 2.96. The summed E-state index contributed by atoms with van der Waals surface area (Å²) in [6.45, 7) is 4.36. The van der Waals surface area contributed by atoms with Gasteiger partial charge in [-0.3, -0.25) is 4.79 Å². The molecule has 0 atom stereocenters. The van der Waals surface area contributed by atoms with E-state index >= 15 is 0 Å². The summed E-state index contributed by atoms with van der Waals surface area (Å²) in [5.41, 5.74) is 0.794. The van der Waals surface area contributed by atoms with Gasteiger partial charge in [0.1, 0.15) is 0 Å². The lowest BCUT2D eigenvalue weighted by atomic mass is 10.1. The first-order valence-electron chi connectivity index (χ1n) is 6.50. The highest BCUT2D eigenvalue weighted by molar-refractivity contribution is 14.1. The van der Waals surface area contributed by atoms with Crippen molar-refractivity contribution in [1.82, 2.24) is 10.2 Å². The molecule has 0 aromatic carbocycles. The van der Waals surface area contributed by atoms with Gasteiger partial charge in [-0.05, 0) is 67.6 Å². The van der Waals surface area contributed by atoms with Gasteiger partial charge in [0.15, 0.2) is 0 Å². The number of amides is 1. The van der Waals surface area contributed by atoms with Crippen LogP contribution in [-0.2, 0) is 0 Å². The SMILES string of the molecule is O=C(NCCCN1CCCCC1)c1csc(I)c1. The molecule has 0 unspecified atom stereocenters. The third-order valence-corrected chi connectivity index (χ3v) is 5.00. The molecule has 1 aromatic rings. The third-order valence-electron chi connectivity index (χ3n) is 3.22. The number of carbonyl (C=O) groups is 1. The number of likely N-dealkylation sites (tertiary alicyclic amines) is 1. The fourth-order valence-electron chi connectivity index (χ4n) is 2.22. The maximum absolute atomic E-state index is 11.8. The number of hydrogen-bond acceptors (Lipinski definition) is 3. The first-order valence-corrected chi connectivity index (χ1v) is 8.46. The normalized spacial score (nSPS) is 16.7. The number of piperidine rings is 1. The molecule has 0 aliphatic carbocycles. The number of halogens is 1. The van der Waals surface area contributed by atoms with Crippen molar-refractivity contribution in [2.45, 2.75) is 25.7 Å². The zero-order valence-corrected chi connectivity index (χ0v) is 13.4. The minimum atomic E-state index is 0.0628. The molecule has 0 bridgehead atoms. The van der Waals surface area contributed by atoms with Crippen LogP contribution in [0.25, 0.3) is 0 Å². The van der Waals surface area contributed by atoms with Crippen molar-refractivity contribution >= 4 is 39.8 Å². The van der Waals surface area contributed by atoms with Crippen LogP contribution in [0.1, 0.15) is 36.0 Å². The summed E-state index contributed by atoms with van der Waals surface area (Å²) >= 11 is 3.85. The summed E-state index contributed by atoms with van der Waals surface area (Å²) in [4.78, 5) is 14.3. The highest BCUT2D eigenvalue weighted by Gasteiger charge is 2.10. The van der Waals surface area contributed by atoms with Crippen molar-refractivity contribution in [1.29, 1.82) is 0 Å². The van der Waals surface area contributed by atoms with Crippen molar-refractivity contribution in [2.75, 3.05) is 26.2 Å². The van der Waals surface area contributed by atoms with Crippen LogP contribution < -0.4 is 5.32 Å². The Kier molecular flexibility index (Phi) is 5.91. The molecule has 1 aromatic heterocycles. The monoisotopic (exact) mass is 378 g/mol. The maximum atomic E-state index is 11.8. The van der Waals surface area contributed by atoms with Crippen molar-refractivity contribution in [2.24, 2.45) is 0 Å². The number of nitrogens with zero attached hydrogens (tertiary/aromatic N) is 1. The average molecular weight is 378 g/mol. The Hall–Kier alpha value is -0.140. The van der Waals surface area contributed by atoms with Crippen LogP contribution >= 0.6 is 33.9 Å². The molecule has 1 amide bonds. The number of nitrogens with one attached hydrogen (secondary N) is 1. The summed E-state index contributed by atoms with van der Waals surface area (Å²) in [7, 11) is 0. The summed E-state index contributed by atoms with van der Waals surface area (Å²) in [6.07, 6.45) is 5.09. The Morgan fingerprint density at radius 2 is 2.17 bits per heavy atom. The van der Waals surface area contributed by atoms with Gasteiger partial charge in [-0.1, -0.05) is 6.42 Å². The molecule has 2 rings (SSSR count). The summed E-state index contributed by atoms with van der Waals surface area (Å²) in [5, 5.41) is 4.91. The zero-order valence-electron chi connectivity index (χ0n) is 10.5. The standard InChI is InChI=1S/C13H19IN2OS/c14-12-9-11(10-18-12)13(17)15-5-4-8-16-6-2-1-3-7-16/h9-10H,1-8H2,(H,15,17). The molecule has 1 N–H and O–H groups in total. The molecule has 1 aliphatic heterocycles. The summed E-state index contributed by atoms with van der Waals surface area (Å²) in [5.74, 6) is 0.0628. The topological polar surface area (TPSA) is 32.3 Å². The average Bonchev–Trinajstić information content (AvgIpc) is 2.82. The van der Waals surface area contributed by atoms with Crippen molar-refractivity contribution in [3.05, 3.63) is 19.9 Å². The van der Waals surface area contributed by atoms with Crippen molar-refractivity contribution in [3.8, 4) is 0 Å². The molecule has 1 saturated heterocycles. The molecule has 2 heterocycles. The second-order valence-electron chi connectivity index (χ2n) is 4.65. The molecule has 18 heavy (non-hydrogen) atoms. The molecule has 0 spiro atoms. The van der Waals surface area contributed by atoms with Gasteiger partial charge in [0.05, 0.1) is 8.45 Å². The van der Waals surface area contributed by atoms with E-state index in [1.54, 1.807) is 11.3 Å². The van der Waals surface area contributed by atoms with E-state index in [4.69, 9.17) is 0 Å². The molecule has 0 radical (unpaired) electrons. The van der Waals surface area contributed by atoms with Crippen molar-refractivity contribution in [3.63, 3.8) is 0 Å². The second kappa shape index (κ2) is 7.45. The van der Waals surface area contributed by atoms with Gasteiger partial charge in [-0.2, -0.15) is 0 Å². The van der Waals surface area contributed by atoms with Crippen LogP contribution in [0.4, 0.5) is 0 Å². The molecule has 1 aliphatic rings. The molecule has 0 saturated carbocycles. The van der Waals surface area contributed by atoms with E-state index in [0.717, 1.165) is 28.0 Å². The van der Waals surface area contributed by atoms with E-state index in [2.05, 4.69) is 32.8 Å². The Labute approximate surface area is 126 Å². The van der Waals surface area contributed by atoms with Gasteiger partial charge in [0, 0.05) is 11.9 Å². The van der Waals surface area contributed by atoms with E-state index in [9.17, 15) is 4.79 Å². The second-order valence-corrected chi connectivity index (χ2v) is 7.46. The van der Waals surface area contributed by atoms with Gasteiger partial charge in [0.25, 0.3) is 5.91 Å². The minimum absolute atomic E-state index is 0.0628. The van der Waals surface area contributed by atoms with E-state index in [1.807, 2.05) is 11.4 Å². The molecule has 1 fully saturated rings. The fourth-order valence-corrected chi connectivity index (χ4v) is 3.55. The van der Waals surface area contributed by atoms with Gasteiger partial charge in [-0.25, -0.2) is 0 Å². The first kappa shape index (κ1) is 14.3. The highest BCUT2D eigenvalue weighted by Crippen LogP contribution is 2.16. The van der Waals surface area contributed by atoms with Crippen LogP contribution in [0, 0.1) is 2.88 Å². The summed E-state index contributed by atoms with van der Waals surface area (Å²) in [6, 6.07) is 1.94. The van der Waals surface area contributed by atoms with E-state index in [1.165, 1.54) is 32.4 Å². The van der Waals surface area contributed by atoms with Crippen LogP contribution in [0.3, 0.4) is 0 Å². The van der Waals surface area contributed by atoms with E-state index in [0.29, 0.717) is 0 Å². The number of thiophene rings is 1. The number of carbonyl (C=O) groups excluding carboxylic acids is 1. The maximum Gasteiger partial charge on any atom is 0.252 e. The van der Waals surface area contributed by atoms with Crippen LogP contribution in [0.2, 0.25) is 0 Å². The number of hydrogen-bond donors (Lipinski definition) is 1. The Balaban J connectivity index is 1.61. The smallest absolute Gasteiger partial charge is 0.252 e. The van der Waals surface area contributed by atoms with E-state index < -0.39 is 0 Å². The Morgan fingerprint density at radius 1 is 1.39 bits per heavy atom. The molecule has 3 nitrogen and oxygen atoms in total. The lowest BCUT2D eigenvalue weighted by Gasteiger charge is -2.26. The lowest BCUT2D eigenvalue weighted by Crippen LogP contribution is -2.33.